The van der Waals surface area contributed by atoms with E-state index in [2.05, 4.69) is 22.0 Å². The number of hydrogen-bond donors (Lipinski definition) is 1. The van der Waals surface area contributed by atoms with Crippen molar-refractivity contribution in [2.45, 2.75) is 32.9 Å². The fraction of sp³-hybridized carbons (Fsp3) is 0.179. The molecule has 1 fully saturated rings. The van der Waals surface area contributed by atoms with Gasteiger partial charge in [-0.15, -0.1) is 0 Å². The van der Waals surface area contributed by atoms with Gasteiger partial charge in [-0.05, 0) is 80.4 Å². The maximum absolute atomic E-state index is 13.3. The summed E-state index contributed by atoms with van der Waals surface area (Å²) in [6.07, 6.45) is -0.0686. The van der Waals surface area contributed by atoms with Crippen molar-refractivity contribution >= 4 is 39.1 Å². The molecule has 1 aliphatic rings. The first kappa shape index (κ1) is 24.2. The Morgan fingerprint density at radius 3 is 2.43 bits per heavy atom. The van der Waals surface area contributed by atoms with E-state index in [4.69, 9.17) is 10.00 Å². The van der Waals surface area contributed by atoms with Crippen LogP contribution in [0.5, 0.6) is 5.75 Å². The summed E-state index contributed by atoms with van der Waals surface area (Å²) >= 11 is 3.45. The summed E-state index contributed by atoms with van der Waals surface area (Å²) in [5.74, 6) is -1.21. The summed E-state index contributed by atoms with van der Waals surface area (Å²) in [7, 11) is 0. The van der Waals surface area contributed by atoms with Gasteiger partial charge in [0.05, 0.1) is 29.4 Å². The van der Waals surface area contributed by atoms with E-state index in [-0.39, 0.29) is 17.4 Å². The lowest BCUT2D eigenvalue weighted by Crippen LogP contribution is -2.29. The predicted octanol–water partition coefficient (Wildman–Crippen LogP) is 6.04. The van der Waals surface area contributed by atoms with Crippen molar-refractivity contribution in [1.29, 1.82) is 5.26 Å². The maximum Gasteiger partial charge on any atom is 0.300 e. The van der Waals surface area contributed by atoms with Gasteiger partial charge in [-0.25, -0.2) is 0 Å². The van der Waals surface area contributed by atoms with Crippen LogP contribution in [0.4, 0.5) is 5.69 Å². The molecule has 1 saturated heterocycles. The highest BCUT2D eigenvalue weighted by Crippen LogP contribution is 2.43. The SMILES string of the molecule is Cc1cc(/C(O)=C2/C(=O)C(=O)N(c3ccc(C#N)cc3)C2c2cccc(OC(C)C)c2)ccc1Br. The Bertz CT molecular complexity index is 1390. The number of hydrogen-bond acceptors (Lipinski definition) is 5. The van der Waals surface area contributed by atoms with Crippen LogP contribution in [0.1, 0.15) is 42.1 Å². The van der Waals surface area contributed by atoms with Crippen molar-refractivity contribution in [1.82, 2.24) is 0 Å². The lowest BCUT2D eigenvalue weighted by Gasteiger charge is -2.26. The fourth-order valence-electron chi connectivity index (χ4n) is 4.09. The van der Waals surface area contributed by atoms with Crippen LogP contribution in [0.3, 0.4) is 0 Å². The number of Topliss-reactive ketones (excluding diaryl/α,β-unsaturated/α-hetero) is 1. The molecule has 0 radical (unpaired) electrons. The smallest absolute Gasteiger partial charge is 0.300 e. The molecule has 0 bridgehead atoms. The number of amides is 1. The molecule has 0 spiro atoms. The second-order valence-electron chi connectivity index (χ2n) is 8.53. The number of carbonyl (C=O) groups excluding carboxylic acids is 2. The minimum Gasteiger partial charge on any atom is -0.507 e. The molecule has 1 N–H and O–H groups in total. The average Bonchev–Trinajstić information content (AvgIpc) is 3.10. The first-order valence-electron chi connectivity index (χ1n) is 11.1. The van der Waals surface area contributed by atoms with Crippen LogP contribution < -0.4 is 9.64 Å². The topological polar surface area (TPSA) is 90.6 Å². The lowest BCUT2D eigenvalue weighted by molar-refractivity contribution is -0.132. The van der Waals surface area contributed by atoms with Gasteiger partial charge in [0.15, 0.2) is 0 Å². The first-order valence-corrected chi connectivity index (χ1v) is 11.8. The standard InChI is InChI=1S/C28H23BrN2O4/c1-16(2)35-22-6-4-5-19(14-22)25-24(26(32)20-9-12-23(29)17(3)13-20)27(33)28(34)31(25)21-10-7-18(15-30)8-11-21/h4-14,16,25,32H,1-3H3/b26-24-. The van der Waals surface area contributed by atoms with Crippen LogP contribution in [-0.2, 0) is 9.59 Å². The number of aliphatic hydroxyl groups is 1. The summed E-state index contributed by atoms with van der Waals surface area (Å²) in [5, 5.41) is 20.5. The second-order valence-corrected chi connectivity index (χ2v) is 9.39. The Balaban J connectivity index is 1.93. The minimum absolute atomic E-state index is 0.0113. The van der Waals surface area contributed by atoms with Gasteiger partial charge >= 0.3 is 0 Å². The molecule has 1 heterocycles. The zero-order valence-corrected chi connectivity index (χ0v) is 21.0. The van der Waals surface area contributed by atoms with Gasteiger partial charge in [-0.1, -0.05) is 34.1 Å². The van der Waals surface area contributed by atoms with E-state index >= 15 is 0 Å². The molecule has 1 amide bonds. The molecule has 1 unspecified atom stereocenters. The van der Waals surface area contributed by atoms with Crippen molar-refractivity contribution in [3.63, 3.8) is 0 Å². The van der Waals surface area contributed by atoms with Crippen molar-refractivity contribution in [3.8, 4) is 11.8 Å². The van der Waals surface area contributed by atoms with Crippen LogP contribution in [0, 0.1) is 18.3 Å². The van der Waals surface area contributed by atoms with E-state index in [9.17, 15) is 14.7 Å². The first-order chi connectivity index (χ1) is 16.7. The van der Waals surface area contributed by atoms with Crippen LogP contribution in [0.15, 0.2) is 76.8 Å². The molecule has 7 heteroatoms. The third kappa shape index (κ3) is 4.71. The van der Waals surface area contributed by atoms with Crippen LogP contribution in [0.25, 0.3) is 5.76 Å². The normalized spacial score (nSPS) is 17.0. The van der Waals surface area contributed by atoms with E-state index in [1.165, 1.54) is 4.90 Å². The van der Waals surface area contributed by atoms with Gasteiger partial charge in [-0.3, -0.25) is 14.5 Å². The Morgan fingerprint density at radius 2 is 1.80 bits per heavy atom. The number of ether oxygens (including phenoxy) is 1. The summed E-state index contributed by atoms with van der Waals surface area (Å²) in [4.78, 5) is 28.0. The zero-order valence-electron chi connectivity index (χ0n) is 19.4. The summed E-state index contributed by atoms with van der Waals surface area (Å²) < 4.78 is 6.70. The molecule has 3 aromatic carbocycles. The van der Waals surface area contributed by atoms with Gasteiger partial charge < -0.3 is 9.84 Å². The molecule has 6 nitrogen and oxygen atoms in total. The number of aryl methyl sites for hydroxylation is 1. The monoisotopic (exact) mass is 530 g/mol. The van der Waals surface area contributed by atoms with Gasteiger partial charge in [0.25, 0.3) is 11.7 Å². The van der Waals surface area contributed by atoms with Crippen molar-refractivity contribution in [3.05, 3.63) is 99.0 Å². The number of rotatable bonds is 5. The third-order valence-corrected chi connectivity index (χ3v) is 6.59. The Morgan fingerprint density at radius 1 is 1.09 bits per heavy atom. The Kier molecular flexibility index (Phi) is 6.77. The summed E-state index contributed by atoms with van der Waals surface area (Å²) in [6.45, 7) is 5.69. The number of ketones is 1. The Labute approximate surface area is 212 Å². The van der Waals surface area contributed by atoms with E-state index in [1.54, 1.807) is 66.7 Å². The van der Waals surface area contributed by atoms with Crippen LogP contribution in [-0.4, -0.2) is 22.9 Å². The van der Waals surface area contributed by atoms with Crippen LogP contribution >= 0.6 is 15.9 Å². The maximum atomic E-state index is 13.3. The highest BCUT2D eigenvalue weighted by atomic mass is 79.9. The number of nitrogens with zero attached hydrogens (tertiary/aromatic N) is 2. The molecule has 4 rings (SSSR count). The largest absolute Gasteiger partial charge is 0.507 e. The quantitative estimate of drug-likeness (QED) is 0.246. The number of carbonyl (C=O) groups is 2. The third-order valence-electron chi connectivity index (χ3n) is 5.70. The second kappa shape index (κ2) is 9.77. The van der Waals surface area contributed by atoms with E-state index in [0.717, 1.165) is 10.0 Å². The predicted molar refractivity (Wildman–Crippen MR) is 137 cm³/mol. The molecule has 35 heavy (non-hydrogen) atoms. The molecule has 0 aliphatic carbocycles. The molecular formula is C28H23BrN2O4. The van der Waals surface area contributed by atoms with Gasteiger partial charge in [0.1, 0.15) is 11.5 Å². The average molecular weight is 531 g/mol. The van der Waals surface area contributed by atoms with Gasteiger partial charge in [-0.2, -0.15) is 5.26 Å². The number of halogens is 1. The fourth-order valence-corrected chi connectivity index (χ4v) is 4.34. The highest BCUT2D eigenvalue weighted by molar-refractivity contribution is 9.10. The van der Waals surface area contributed by atoms with E-state index in [1.807, 2.05) is 20.8 Å². The summed E-state index contributed by atoms with van der Waals surface area (Å²) in [5.41, 5.74) is 2.78. The molecular weight excluding hydrogens is 508 g/mol. The molecule has 1 atom stereocenters. The molecule has 176 valence electrons. The minimum atomic E-state index is -0.886. The van der Waals surface area contributed by atoms with Gasteiger partial charge in [0, 0.05) is 15.7 Å². The number of nitriles is 1. The van der Waals surface area contributed by atoms with Crippen molar-refractivity contribution < 1.29 is 19.4 Å². The zero-order chi connectivity index (χ0) is 25.3. The van der Waals surface area contributed by atoms with E-state index < -0.39 is 17.7 Å². The summed E-state index contributed by atoms with van der Waals surface area (Å²) in [6, 6.07) is 20.0. The van der Waals surface area contributed by atoms with Crippen LogP contribution in [0.2, 0.25) is 0 Å². The highest BCUT2D eigenvalue weighted by Gasteiger charge is 2.47. The lowest BCUT2D eigenvalue weighted by atomic mass is 9.94. The number of anilines is 1. The number of aliphatic hydroxyl groups excluding tert-OH is 1. The number of benzene rings is 3. The molecule has 0 aromatic heterocycles. The van der Waals surface area contributed by atoms with Crippen molar-refractivity contribution in [2.75, 3.05) is 4.90 Å². The Hall–Kier alpha value is -3.89. The molecule has 0 saturated carbocycles. The van der Waals surface area contributed by atoms with Crippen molar-refractivity contribution in [2.24, 2.45) is 0 Å². The molecule has 3 aromatic rings. The van der Waals surface area contributed by atoms with Gasteiger partial charge in [0.2, 0.25) is 0 Å². The molecule has 1 aliphatic heterocycles. The van der Waals surface area contributed by atoms with E-state index in [0.29, 0.717) is 28.1 Å².